The van der Waals surface area contributed by atoms with E-state index in [4.69, 9.17) is 17.0 Å². The van der Waals surface area contributed by atoms with Crippen LogP contribution in [0.3, 0.4) is 0 Å². The molecule has 1 aliphatic rings. The summed E-state index contributed by atoms with van der Waals surface area (Å²) in [6.07, 6.45) is 0.622. The minimum Gasteiger partial charge on any atom is -0.497 e. The molecule has 9 heteroatoms. The van der Waals surface area contributed by atoms with Crippen LogP contribution in [0.15, 0.2) is 24.3 Å². The second kappa shape index (κ2) is 8.08. The minimum atomic E-state index is -2.95. The minimum absolute atomic E-state index is 0.0767. The second-order valence-electron chi connectivity index (χ2n) is 7.17. The van der Waals surface area contributed by atoms with Crippen molar-refractivity contribution in [1.82, 2.24) is 14.7 Å². The van der Waals surface area contributed by atoms with Crippen molar-refractivity contribution in [3.8, 4) is 5.75 Å². The number of nitrogens with zero attached hydrogens (tertiary/aromatic N) is 3. The maximum absolute atomic E-state index is 11.8. The Morgan fingerprint density at radius 2 is 2.04 bits per heavy atom. The van der Waals surface area contributed by atoms with E-state index in [1.807, 2.05) is 54.7 Å². The zero-order chi connectivity index (χ0) is 20.5. The molecule has 28 heavy (non-hydrogen) atoms. The molecule has 1 atom stereocenters. The van der Waals surface area contributed by atoms with E-state index in [0.29, 0.717) is 18.1 Å². The molecular formula is C19H26N4O3S2. The number of rotatable bonds is 5. The topological polar surface area (TPSA) is 76.5 Å². The van der Waals surface area contributed by atoms with Gasteiger partial charge in [-0.3, -0.25) is 4.68 Å². The summed E-state index contributed by atoms with van der Waals surface area (Å²) in [6, 6.07) is 7.49. The van der Waals surface area contributed by atoms with Gasteiger partial charge in [0.25, 0.3) is 0 Å². The van der Waals surface area contributed by atoms with Gasteiger partial charge in [0, 0.05) is 30.5 Å². The molecule has 0 unspecified atom stereocenters. The molecule has 2 aromatic rings. The van der Waals surface area contributed by atoms with Gasteiger partial charge in [-0.05, 0) is 56.8 Å². The molecule has 0 amide bonds. The third-order valence-electron chi connectivity index (χ3n) is 5.11. The highest BCUT2D eigenvalue weighted by molar-refractivity contribution is 7.91. The summed E-state index contributed by atoms with van der Waals surface area (Å²) >= 11 is 5.53. The average Bonchev–Trinajstić information content (AvgIpc) is 3.15. The lowest BCUT2D eigenvalue weighted by molar-refractivity contribution is 0.415. The number of ether oxygens (including phenoxy) is 1. The molecule has 1 N–H and O–H groups in total. The van der Waals surface area contributed by atoms with Crippen molar-refractivity contribution < 1.29 is 13.2 Å². The standard InChI is InChI=1S/C19H26N4O3S2/c1-13-18(14(2)23(21-13)16-9-10-28(24,25)12-16)11-22(3)19(27)20-15-5-7-17(26-4)8-6-15/h5-8,16H,9-12H2,1-4H3,(H,20,27)/t16-/m0/s1. The van der Waals surface area contributed by atoms with Gasteiger partial charge in [-0.15, -0.1) is 0 Å². The van der Waals surface area contributed by atoms with Crippen molar-refractivity contribution >= 4 is 32.9 Å². The SMILES string of the molecule is COc1ccc(NC(=S)N(C)Cc2c(C)nn([C@H]3CCS(=O)(=O)C3)c2C)cc1. The number of anilines is 1. The summed E-state index contributed by atoms with van der Waals surface area (Å²) in [6.45, 7) is 4.54. The molecular weight excluding hydrogens is 396 g/mol. The van der Waals surface area contributed by atoms with Crippen LogP contribution in [-0.2, 0) is 16.4 Å². The van der Waals surface area contributed by atoms with Crippen molar-refractivity contribution in [2.45, 2.75) is 32.9 Å². The van der Waals surface area contributed by atoms with Gasteiger partial charge in [-0.1, -0.05) is 0 Å². The summed E-state index contributed by atoms with van der Waals surface area (Å²) in [7, 11) is 0.606. The van der Waals surface area contributed by atoms with Crippen molar-refractivity contribution in [2.75, 3.05) is 31.0 Å². The van der Waals surface area contributed by atoms with Crippen LogP contribution >= 0.6 is 12.2 Å². The Bertz CT molecular complexity index is 968. The second-order valence-corrected chi connectivity index (χ2v) is 9.78. The lowest BCUT2D eigenvalue weighted by Gasteiger charge is -2.21. The monoisotopic (exact) mass is 422 g/mol. The smallest absolute Gasteiger partial charge is 0.173 e. The highest BCUT2D eigenvalue weighted by Crippen LogP contribution is 2.27. The molecule has 2 heterocycles. The maximum atomic E-state index is 11.8. The van der Waals surface area contributed by atoms with E-state index in [1.54, 1.807) is 7.11 Å². The highest BCUT2D eigenvalue weighted by atomic mass is 32.2. The van der Waals surface area contributed by atoms with Gasteiger partial charge in [0.15, 0.2) is 14.9 Å². The van der Waals surface area contributed by atoms with Gasteiger partial charge in [-0.2, -0.15) is 5.10 Å². The van der Waals surface area contributed by atoms with Crippen LogP contribution in [-0.4, -0.2) is 53.9 Å². The molecule has 3 rings (SSSR count). The molecule has 0 spiro atoms. The van der Waals surface area contributed by atoms with Gasteiger partial charge >= 0.3 is 0 Å². The predicted octanol–water partition coefficient (Wildman–Crippen LogP) is 2.70. The third-order valence-corrected chi connectivity index (χ3v) is 7.28. The summed E-state index contributed by atoms with van der Waals surface area (Å²) in [5.74, 6) is 1.19. The Labute approximate surface area is 171 Å². The molecule has 7 nitrogen and oxygen atoms in total. The number of benzene rings is 1. The van der Waals surface area contributed by atoms with E-state index in [9.17, 15) is 8.42 Å². The Hall–Kier alpha value is -2.13. The predicted molar refractivity (Wildman–Crippen MR) is 115 cm³/mol. The van der Waals surface area contributed by atoms with Gasteiger partial charge < -0.3 is 15.0 Å². The Morgan fingerprint density at radius 3 is 2.61 bits per heavy atom. The molecule has 0 radical (unpaired) electrons. The number of hydrogen-bond donors (Lipinski definition) is 1. The normalized spacial score (nSPS) is 18.1. The van der Waals surface area contributed by atoms with Crippen LogP contribution in [0.5, 0.6) is 5.75 Å². The first-order chi connectivity index (χ1) is 13.2. The zero-order valence-corrected chi connectivity index (χ0v) is 18.2. The van der Waals surface area contributed by atoms with Crippen molar-refractivity contribution in [2.24, 2.45) is 0 Å². The van der Waals surface area contributed by atoms with E-state index in [1.165, 1.54) is 0 Å². The average molecular weight is 423 g/mol. The molecule has 1 aromatic heterocycles. The molecule has 0 aliphatic carbocycles. The molecule has 1 fully saturated rings. The summed E-state index contributed by atoms with van der Waals surface area (Å²) in [4.78, 5) is 1.95. The molecule has 0 saturated carbocycles. The Kier molecular flexibility index (Phi) is 5.95. The number of methoxy groups -OCH3 is 1. The fraction of sp³-hybridized carbons (Fsp3) is 0.474. The maximum Gasteiger partial charge on any atom is 0.173 e. The van der Waals surface area contributed by atoms with E-state index >= 15 is 0 Å². The molecule has 1 aromatic carbocycles. The highest BCUT2D eigenvalue weighted by Gasteiger charge is 2.31. The fourth-order valence-corrected chi connectivity index (χ4v) is 5.33. The number of thiocarbonyl (C=S) groups is 1. The first kappa shape index (κ1) is 20.6. The number of nitrogens with one attached hydrogen (secondary N) is 1. The van der Waals surface area contributed by atoms with Crippen molar-refractivity contribution in [3.05, 3.63) is 41.2 Å². The summed E-state index contributed by atoms with van der Waals surface area (Å²) in [5, 5.41) is 8.44. The number of aromatic nitrogens is 2. The lowest BCUT2D eigenvalue weighted by Crippen LogP contribution is -2.31. The Morgan fingerprint density at radius 1 is 1.36 bits per heavy atom. The van der Waals surface area contributed by atoms with Crippen LogP contribution in [0, 0.1) is 13.8 Å². The van der Waals surface area contributed by atoms with E-state index in [2.05, 4.69) is 10.4 Å². The van der Waals surface area contributed by atoms with Gasteiger partial charge in [-0.25, -0.2) is 8.42 Å². The van der Waals surface area contributed by atoms with Gasteiger partial charge in [0.1, 0.15) is 5.75 Å². The lowest BCUT2D eigenvalue weighted by atomic mass is 10.2. The first-order valence-corrected chi connectivity index (χ1v) is 11.3. The Balaban J connectivity index is 1.69. The van der Waals surface area contributed by atoms with Gasteiger partial charge in [0.2, 0.25) is 0 Å². The zero-order valence-electron chi connectivity index (χ0n) is 16.6. The fourth-order valence-electron chi connectivity index (χ4n) is 3.45. The molecule has 1 aliphatic heterocycles. The van der Waals surface area contributed by atoms with Crippen molar-refractivity contribution in [1.29, 1.82) is 0 Å². The summed E-state index contributed by atoms with van der Waals surface area (Å²) in [5.41, 5.74) is 3.86. The molecule has 152 valence electrons. The molecule has 1 saturated heterocycles. The van der Waals surface area contributed by atoms with Gasteiger partial charge in [0.05, 0.1) is 30.4 Å². The van der Waals surface area contributed by atoms with Crippen molar-refractivity contribution in [3.63, 3.8) is 0 Å². The molecule has 0 bridgehead atoms. The largest absolute Gasteiger partial charge is 0.497 e. The third kappa shape index (κ3) is 4.47. The summed E-state index contributed by atoms with van der Waals surface area (Å²) < 4.78 is 30.7. The van der Waals surface area contributed by atoms with Crippen LogP contribution in [0.4, 0.5) is 5.69 Å². The number of hydrogen-bond acceptors (Lipinski definition) is 5. The van der Waals surface area contributed by atoms with Crippen LogP contribution < -0.4 is 10.1 Å². The number of sulfone groups is 1. The van der Waals surface area contributed by atoms with E-state index in [0.717, 1.165) is 28.4 Å². The van der Waals surface area contributed by atoms with Crippen LogP contribution in [0.25, 0.3) is 0 Å². The van der Waals surface area contributed by atoms with Crippen LogP contribution in [0.1, 0.15) is 29.4 Å². The van der Waals surface area contributed by atoms with E-state index < -0.39 is 9.84 Å². The first-order valence-electron chi connectivity index (χ1n) is 9.11. The van der Waals surface area contributed by atoms with Crippen LogP contribution in [0.2, 0.25) is 0 Å². The van der Waals surface area contributed by atoms with E-state index in [-0.39, 0.29) is 17.5 Å². The number of aryl methyl sites for hydroxylation is 1. The quantitative estimate of drug-likeness (QED) is 0.743.